The summed E-state index contributed by atoms with van der Waals surface area (Å²) in [4.78, 5) is 17.4. The molecule has 0 aromatic heterocycles. The van der Waals surface area contributed by atoms with Crippen LogP contribution in [0.2, 0.25) is 5.02 Å². The number of alkyl halides is 2. The Labute approximate surface area is 150 Å². The molecular formula is C16H21ClF2N4O2. The van der Waals surface area contributed by atoms with E-state index < -0.39 is 6.61 Å². The van der Waals surface area contributed by atoms with Crippen molar-refractivity contribution in [2.24, 2.45) is 4.99 Å². The molecule has 0 bridgehead atoms. The standard InChI is InChI=1S/C16H21ClF2N4O2/c1-4-7-20-16(22-10-14(24)23(2)3)21-9-11-8-12(17)5-6-13(11)25-15(18)19/h4-6,8,15H,1,7,9-10H2,2-3H3,(H2,20,21,22). The number of nitrogens with zero attached hydrogens (tertiary/aromatic N) is 2. The Balaban J connectivity index is 2.88. The quantitative estimate of drug-likeness (QED) is 0.416. The minimum atomic E-state index is -2.95. The summed E-state index contributed by atoms with van der Waals surface area (Å²) in [5.74, 6) is 0.186. The van der Waals surface area contributed by atoms with Gasteiger partial charge < -0.3 is 20.3 Å². The SMILES string of the molecule is C=CCNC(=NCc1cc(Cl)ccc1OC(F)F)NCC(=O)N(C)C. The van der Waals surface area contributed by atoms with Gasteiger partial charge in [-0.15, -0.1) is 6.58 Å². The van der Waals surface area contributed by atoms with Crippen molar-refractivity contribution in [3.8, 4) is 5.75 Å². The number of rotatable bonds is 8. The lowest BCUT2D eigenvalue weighted by Gasteiger charge is -2.15. The Morgan fingerprint density at radius 1 is 1.44 bits per heavy atom. The van der Waals surface area contributed by atoms with E-state index in [2.05, 4.69) is 26.9 Å². The van der Waals surface area contributed by atoms with Gasteiger partial charge in [-0.2, -0.15) is 8.78 Å². The highest BCUT2D eigenvalue weighted by Gasteiger charge is 2.11. The van der Waals surface area contributed by atoms with Gasteiger partial charge in [0.2, 0.25) is 5.91 Å². The van der Waals surface area contributed by atoms with Crippen molar-refractivity contribution in [2.45, 2.75) is 13.2 Å². The molecule has 0 aliphatic rings. The third-order valence-electron chi connectivity index (χ3n) is 2.97. The fraction of sp³-hybridized carbons (Fsp3) is 0.375. The van der Waals surface area contributed by atoms with Crippen LogP contribution in [0, 0.1) is 0 Å². The third kappa shape index (κ3) is 7.84. The van der Waals surface area contributed by atoms with Crippen LogP contribution in [-0.4, -0.2) is 50.6 Å². The first-order valence-corrected chi connectivity index (χ1v) is 7.77. The van der Waals surface area contributed by atoms with E-state index in [0.29, 0.717) is 23.1 Å². The summed E-state index contributed by atoms with van der Waals surface area (Å²) in [5.41, 5.74) is 0.395. The van der Waals surface area contributed by atoms with Crippen LogP contribution >= 0.6 is 11.6 Å². The van der Waals surface area contributed by atoms with E-state index in [9.17, 15) is 13.6 Å². The molecule has 9 heteroatoms. The van der Waals surface area contributed by atoms with Crippen molar-refractivity contribution in [2.75, 3.05) is 27.2 Å². The summed E-state index contributed by atoms with van der Waals surface area (Å²) in [5, 5.41) is 6.17. The van der Waals surface area contributed by atoms with Gasteiger partial charge in [-0.05, 0) is 18.2 Å². The smallest absolute Gasteiger partial charge is 0.387 e. The summed E-state index contributed by atoms with van der Waals surface area (Å²) < 4.78 is 29.4. The second-order valence-corrected chi connectivity index (χ2v) is 5.54. The topological polar surface area (TPSA) is 66.0 Å². The highest BCUT2D eigenvalue weighted by atomic mass is 35.5. The fourth-order valence-electron chi connectivity index (χ4n) is 1.71. The van der Waals surface area contributed by atoms with E-state index in [-0.39, 0.29) is 24.7 Å². The minimum absolute atomic E-state index is 0.00408. The van der Waals surface area contributed by atoms with Gasteiger partial charge in [-0.1, -0.05) is 17.7 Å². The highest BCUT2D eigenvalue weighted by Crippen LogP contribution is 2.25. The maximum atomic E-state index is 12.5. The summed E-state index contributed by atoms with van der Waals surface area (Å²) >= 11 is 5.90. The van der Waals surface area contributed by atoms with Crippen LogP contribution in [0.1, 0.15) is 5.56 Å². The molecule has 0 fully saturated rings. The lowest BCUT2D eigenvalue weighted by Crippen LogP contribution is -2.43. The number of carbonyl (C=O) groups excluding carboxylic acids is 1. The number of likely N-dealkylation sites (N-methyl/N-ethyl adjacent to an activating group) is 1. The second kappa shape index (κ2) is 10.5. The Bertz CT molecular complexity index is 624. The number of hydrogen-bond acceptors (Lipinski definition) is 3. The van der Waals surface area contributed by atoms with E-state index in [4.69, 9.17) is 11.6 Å². The molecule has 138 valence electrons. The monoisotopic (exact) mass is 374 g/mol. The number of amides is 1. The number of nitrogens with one attached hydrogen (secondary N) is 2. The zero-order chi connectivity index (χ0) is 18.8. The van der Waals surface area contributed by atoms with Crippen molar-refractivity contribution in [3.63, 3.8) is 0 Å². The number of carbonyl (C=O) groups is 1. The molecular weight excluding hydrogens is 354 g/mol. The van der Waals surface area contributed by atoms with Crippen LogP contribution < -0.4 is 15.4 Å². The molecule has 0 radical (unpaired) electrons. The molecule has 1 rings (SSSR count). The van der Waals surface area contributed by atoms with E-state index in [1.807, 2.05) is 0 Å². The zero-order valence-corrected chi connectivity index (χ0v) is 14.8. The zero-order valence-electron chi connectivity index (χ0n) is 14.1. The van der Waals surface area contributed by atoms with E-state index in [1.165, 1.54) is 23.1 Å². The van der Waals surface area contributed by atoms with Gasteiger partial charge in [0.05, 0.1) is 13.1 Å². The van der Waals surface area contributed by atoms with E-state index in [0.717, 1.165) is 0 Å². The molecule has 0 saturated heterocycles. The maximum Gasteiger partial charge on any atom is 0.387 e. The van der Waals surface area contributed by atoms with Crippen LogP contribution in [0.25, 0.3) is 0 Å². The molecule has 1 aromatic rings. The van der Waals surface area contributed by atoms with E-state index >= 15 is 0 Å². The van der Waals surface area contributed by atoms with Gasteiger partial charge in [-0.3, -0.25) is 4.79 Å². The molecule has 1 amide bonds. The summed E-state index contributed by atoms with van der Waals surface area (Å²) in [6.07, 6.45) is 1.62. The predicted octanol–water partition coefficient (Wildman–Crippen LogP) is 2.25. The Hall–Kier alpha value is -2.35. The van der Waals surface area contributed by atoms with Gasteiger partial charge in [0, 0.05) is 31.2 Å². The van der Waals surface area contributed by atoms with Crippen molar-refractivity contribution >= 4 is 23.5 Å². The minimum Gasteiger partial charge on any atom is -0.434 e. The van der Waals surface area contributed by atoms with Crippen LogP contribution in [0.3, 0.4) is 0 Å². The molecule has 0 saturated carbocycles. The predicted molar refractivity (Wildman–Crippen MR) is 94.1 cm³/mol. The first-order chi connectivity index (χ1) is 11.8. The fourth-order valence-corrected chi connectivity index (χ4v) is 1.90. The van der Waals surface area contributed by atoms with E-state index in [1.54, 1.807) is 20.2 Å². The largest absolute Gasteiger partial charge is 0.434 e. The number of ether oxygens (including phenoxy) is 1. The normalized spacial score (nSPS) is 11.2. The van der Waals surface area contributed by atoms with Crippen LogP contribution in [0.15, 0.2) is 35.8 Å². The van der Waals surface area contributed by atoms with Gasteiger partial charge in [0.15, 0.2) is 5.96 Å². The average molecular weight is 375 g/mol. The van der Waals surface area contributed by atoms with Crippen LogP contribution in [0.5, 0.6) is 5.75 Å². The molecule has 0 atom stereocenters. The summed E-state index contributed by atoms with van der Waals surface area (Å²) in [7, 11) is 3.27. The first kappa shape index (κ1) is 20.7. The van der Waals surface area contributed by atoms with Crippen molar-refractivity contribution in [1.82, 2.24) is 15.5 Å². The lowest BCUT2D eigenvalue weighted by atomic mass is 10.2. The number of aliphatic imine (C=N–C) groups is 1. The van der Waals surface area contributed by atoms with Crippen molar-refractivity contribution < 1.29 is 18.3 Å². The van der Waals surface area contributed by atoms with Crippen LogP contribution in [0.4, 0.5) is 8.78 Å². The second-order valence-electron chi connectivity index (χ2n) is 5.11. The van der Waals surface area contributed by atoms with Gasteiger partial charge >= 0.3 is 6.61 Å². The molecule has 0 spiro atoms. The Morgan fingerprint density at radius 2 is 2.16 bits per heavy atom. The summed E-state index contributed by atoms with van der Waals surface area (Å²) in [6.45, 7) is 1.13. The molecule has 0 unspecified atom stereocenters. The molecule has 6 nitrogen and oxygen atoms in total. The molecule has 0 aliphatic carbocycles. The Morgan fingerprint density at radius 3 is 2.76 bits per heavy atom. The molecule has 0 aliphatic heterocycles. The summed E-state index contributed by atoms with van der Waals surface area (Å²) in [6, 6.07) is 4.31. The number of benzene rings is 1. The molecule has 25 heavy (non-hydrogen) atoms. The number of guanidine groups is 1. The maximum absolute atomic E-state index is 12.5. The number of hydrogen-bond donors (Lipinski definition) is 2. The first-order valence-electron chi connectivity index (χ1n) is 7.40. The van der Waals surface area contributed by atoms with Crippen LogP contribution in [-0.2, 0) is 11.3 Å². The van der Waals surface area contributed by atoms with Gasteiger partial charge in [0.25, 0.3) is 0 Å². The van der Waals surface area contributed by atoms with Crippen molar-refractivity contribution in [1.29, 1.82) is 0 Å². The van der Waals surface area contributed by atoms with Crippen molar-refractivity contribution in [3.05, 3.63) is 41.4 Å². The molecule has 2 N–H and O–H groups in total. The Kier molecular flexibility index (Phi) is 8.69. The average Bonchev–Trinajstić information content (AvgIpc) is 2.55. The molecule has 0 heterocycles. The lowest BCUT2D eigenvalue weighted by molar-refractivity contribution is -0.127. The number of halogens is 3. The third-order valence-corrected chi connectivity index (χ3v) is 3.20. The van der Waals surface area contributed by atoms with Gasteiger partial charge in [-0.25, -0.2) is 4.99 Å². The highest BCUT2D eigenvalue weighted by molar-refractivity contribution is 6.30. The van der Waals surface area contributed by atoms with Gasteiger partial charge in [0.1, 0.15) is 5.75 Å². The molecule has 1 aromatic carbocycles.